The molecule has 1 saturated heterocycles. The van der Waals surface area contributed by atoms with Gasteiger partial charge in [0.2, 0.25) is 15.9 Å². The molecule has 1 aromatic carbocycles. The summed E-state index contributed by atoms with van der Waals surface area (Å²) in [4.78, 5) is 15.1. The maximum absolute atomic E-state index is 13.4. The fraction of sp³-hybridized carbons (Fsp3) is 0.682. The van der Waals surface area contributed by atoms with Crippen LogP contribution in [0.3, 0.4) is 0 Å². The molecule has 1 aromatic rings. The molecule has 3 rings (SSSR count). The van der Waals surface area contributed by atoms with Crippen LogP contribution in [0, 0.1) is 0 Å². The zero-order valence-electron chi connectivity index (χ0n) is 18.4. The second kappa shape index (κ2) is 11.8. The Balaban J connectivity index is 1.65. The van der Waals surface area contributed by atoms with Crippen LogP contribution in [0.5, 0.6) is 5.75 Å². The second-order valence-corrected chi connectivity index (χ2v) is 9.94. The molecule has 8 nitrogen and oxygen atoms in total. The molecule has 0 spiro atoms. The van der Waals surface area contributed by atoms with Gasteiger partial charge in [-0.1, -0.05) is 19.3 Å². The maximum atomic E-state index is 13.4. The first kappa shape index (κ1) is 24.0. The molecule has 1 saturated carbocycles. The van der Waals surface area contributed by atoms with Crippen LogP contribution >= 0.6 is 0 Å². The lowest BCUT2D eigenvalue weighted by Crippen LogP contribution is -2.48. The molecule has 0 atom stereocenters. The molecular formula is C22H35N3O5S. The fourth-order valence-electron chi connectivity index (χ4n) is 4.16. The number of nitrogens with zero attached hydrogens (tertiary/aromatic N) is 2. The van der Waals surface area contributed by atoms with Crippen molar-refractivity contribution < 1.29 is 22.7 Å². The topological polar surface area (TPSA) is 88.2 Å². The van der Waals surface area contributed by atoms with Gasteiger partial charge in [0.05, 0.1) is 31.3 Å². The average molecular weight is 454 g/mol. The van der Waals surface area contributed by atoms with E-state index in [4.69, 9.17) is 9.47 Å². The average Bonchev–Trinajstić information content (AvgIpc) is 2.79. The molecule has 31 heavy (non-hydrogen) atoms. The minimum absolute atomic E-state index is 0.143. The fourth-order valence-corrected chi connectivity index (χ4v) is 5.81. The zero-order valence-corrected chi connectivity index (χ0v) is 19.2. The quantitative estimate of drug-likeness (QED) is 0.582. The molecular weight excluding hydrogens is 418 g/mol. The third-order valence-corrected chi connectivity index (χ3v) is 7.79. The summed E-state index contributed by atoms with van der Waals surface area (Å²) in [5.41, 5.74) is 0. The maximum Gasteiger partial charge on any atom is 0.243 e. The number of sulfonamides is 1. The molecule has 9 heteroatoms. The Hall–Kier alpha value is -1.68. The minimum atomic E-state index is -3.78. The van der Waals surface area contributed by atoms with E-state index in [1.165, 1.54) is 4.31 Å². The lowest BCUT2D eigenvalue weighted by atomic mass is 9.95. The van der Waals surface area contributed by atoms with E-state index in [9.17, 15) is 13.2 Å². The number of carbonyl (C=O) groups excluding carboxylic acids is 1. The number of nitrogens with one attached hydrogen (secondary N) is 1. The lowest BCUT2D eigenvalue weighted by molar-refractivity contribution is -0.121. The highest BCUT2D eigenvalue weighted by molar-refractivity contribution is 7.89. The van der Waals surface area contributed by atoms with Crippen molar-refractivity contribution in [3.05, 3.63) is 24.3 Å². The van der Waals surface area contributed by atoms with E-state index in [0.29, 0.717) is 32.1 Å². The Labute approximate surface area is 185 Å². The molecule has 1 aliphatic carbocycles. The zero-order chi connectivity index (χ0) is 22.1. The number of ether oxygens (including phenoxy) is 2. The van der Waals surface area contributed by atoms with E-state index in [1.807, 2.05) is 6.92 Å². The Morgan fingerprint density at radius 2 is 1.84 bits per heavy atom. The Bertz CT molecular complexity index is 788. The number of hydrogen-bond acceptors (Lipinski definition) is 6. The molecule has 1 N–H and O–H groups in total. The van der Waals surface area contributed by atoms with Crippen molar-refractivity contribution in [3.8, 4) is 5.75 Å². The van der Waals surface area contributed by atoms with Gasteiger partial charge in [-0.05, 0) is 44.0 Å². The molecule has 1 heterocycles. The molecule has 2 aliphatic rings. The Morgan fingerprint density at radius 3 is 2.48 bits per heavy atom. The number of carbonyl (C=O) groups is 1. The minimum Gasteiger partial charge on any atom is -0.494 e. The van der Waals surface area contributed by atoms with E-state index >= 15 is 0 Å². The van der Waals surface area contributed by atoms with E-state index in [1.54, 1.807) is 24.3 Å². The first-order valence-electron chi connectivity index (χ1n) is 11.3. The first-order chi connectivity index (χ1) is 15.0. The predicted molar refractivity (Wildman–Crippen MR) is 119 cm³/mol. The van der Waals surface area contributed by atoms with Crippen LogP contribution in [0.15, 0.2) is 29.2 Å². The molecule has 0 bridgehead atoms. The molecule has 0 unspecified atom stereocenters. The smallest absolute Gasteiger partial charge is 0.243 e. The highest BCUT2D eigenvalue weighted by Gasteiger charge is 2.34. The van der Waals surface area contributed by atoms with Crippen molar-refractivity contribution in [1.29, 1.82) is 0 Å². The largest absolute Gasteiger partial charge is 0.494 e. The van der Waals surface area contributed by atoms with Crippen LogP contribution in [-0.4, -0.2) is 82.1 Å². The number of benzene rings is 1. The van der Waals surface area contributed by atoms with Crippen molar-refractivity contribution in [2.45, 2.75) is 50.0 Å². The van der Waals surface area contributed by atoms with Crippen LogP contribution < -0.4 is 10.1 Å². The van der Waals surface area contributed by atoms with E-state index < -0.39 is 10.0 Å². The van der Waals surface area contributed by atoms with Crippen molar-refractivity contribution in [2.75, 3.05) is 52.5 Å². The highest BCUT2D eigenvalue weighted by Crippen LogP contribution is 2.28. The second-order valence-electron chi connectivity index (χ2n) is 8.05. The monoisotopic (exact) mass is 453 g/mol. The van der Waals surface area contributed by atoms with E-state index in [-0.39, 0.29) is 23.4 Å². The van der Waals surface area contributed by atoms with Gasteiger partial charge in [0, 0.05) is 32.2 Å². The van der Waals surface area contributed by atoms with Crippen molar-refractivity contribution in [2.24, 2.45) is 0 Å². The van der Waals surface area contributed by atoms with Gasteiger partial charge >= 0.3 is 0 Å². The summed E-state index contributed by atoms with van der Waals surface area (Å²) in [5.74, 6) is 0.375. The van der Waals surface area contributed by atoms with Crippen LogP contribution in [0.1, 0.15) is 39.0 Å². The summed E-state index contributed by atoms with van der Waals surface area (Å²) < 4.78 is 39.1. The molecule has 1 amide bonds. The van der Waals surface area contributed by atoms with Crippen molar-refractivity contribution in [1.82, 2.24) is 14.5 Å². The molecule has 0 aromatic heterocycles. The predicted octanol–water partition coefficient (Wildman–Crippen LogP) is 1.86. The van der Waals surface area contributed by atoms with E-state index in [0.717, 1.165) is 51.7 Å². The van der Waals surface area contributed by atoms with Crippen LogP contribution in [0.2, 0.25) is 0 Å². The summed E-state index contributed by atoms with van der Waals surface area (Å²) in [6.07, 6.45) is 4.66. The van der Waals surface area contributed by atoms with Gasteiger partial charge in [-0.2, -0.15) is 4.31 Å². The van der Waals surface area contributed by atoms with Crippen molar-refractivity contribution in [3.63, 3.8) is 0 Å². The van der Waals surface area contributed by atoms with Gasteiger partial charge < -0.3 is 14.8 Å². The number of rotatable bonds is 10. The summed E-state index contributed by atoms with van der Waals surface area (Å²) in [6.45, 7) is 6.63. The van der Waals surface area contributed by atoms with Crippen LogP contribution in [-0.2, 0) is 19.6 Å². The standard InChI is InChI=1S/C22H35N3O5S/c1-2-30-20-8-10-21(11-9-20)31(27,28)25(19-6-4-3-5-7-19)18-22(26)23-12-13-24-14-16-29-17-15-24/h8-11,19H,2-7,12-18H2,1H3,(H,23,26). The Kier molecular flexibility index (Phi) is 9.13. The lowest BCUT2D eigenvalue weighted by Gasteiger charge is -2.33. The summed E-state index contributed by atoms with van der Waals surface area (Å²) in [5, 5.41) is 2.90. The van der Waals surface area contributed by atoms with Gasteiger partial charge in [-0.3, -0.25) is 9.69 Å². The van der Waals surface area contributed by atoms with Crippen LogP contribution in [0.25, 0.3) is 0 Å². The summed E-state index contributed by atoms with van der Waals surface area (Å²) >= 11 is 0. The Morgan fingerprint density at radius 1 is 1.16 bits per heavy atom. The third-order valence-electron chi connectivity index (χ3n) is 5.88. The molecule has 2 fully saturated rings. The van der Waals surface area contributed by atoms with Gasteiger partial charge in [0.25, 0.3) is 0 Å². The van der Waals surface area contributed by atoms with Gasteiger partial charge in [0.15, 0.2) is 0 Å². The SMILES string of the molecule is CCOc1ccc(S(=O)(=O)N(CC(=O)NCCN2CCOCC2)C2CCCCC2)cc1. The normalized spacial score (nSPS) is 18.8. The molecule has 0 radical (unpaired) electrons. The summed E-state index contributed by atoms with van der Waals surface area (Å²) in [6, 6.07) is 6.31. The first-order valence-corrected chi connectivity index (χ1v) is 12.8. The van der Waals surface area contributed by atoms with Crippen molar-refractivity contribution >= 4 is 15.9 Å². The summed E-state index contributed by atoms with van der Waals surface area (Å²) in [7, 11) is -3.78. The van der Waals surface area contributed by atoms with Gasteiger partial charge in [-0.25, -0.2) is 8.42 Å². The van der Waals surface area contributed by atoms with Gasteiger partial charge in [0.1, 0.15) is 5.75 Å². The van der Waals surface area contributed by atoms with Crippen LogP contribution in [0.4, 0.5) is 0 Å². The van der Waals surface area contributed by atoms with E-state index in [2.05, 4.69) is 10.2 Å². The number of morpholine rings is 1. The number of amides is 1. The highest BCUT2D eigenvalue weighted by atomic mass is 32.2. The molecule has 174 valence electrons. The van der Waals surface area contributed by atoms with Gasteiger partial charge in [-0.15, -0.1) is 0 Å². The third kappa shape index (κ3) is 6.90. The number of hydrogen-bond donors (Lipinski definition) is 1. The molecule has 1 aliphatic heterocycles.